The Hall–Kier alpha value is -6.12. The van der Waals surface area contributed by atoms with E-state index in [2.05, 4.69) is 179 Å². The number of nitrogens with zero attached hydrogens (tertiary/aromatic N) is 2. The maximum atomic E-state index is 2.54. The Morgan fingerprint density at radius 3 is 1.62 bits per heavy atom. The second kappa shape index (κ2) is 8.99. The van der Waals surface area contributed by atoms with Gasteiger partial charge in [0.1, 0.15) is 5.65 Å². The number of para-hydroxylation sites is 3. The molecule has 2 aliphatic carbocycles. The van der Waals surface area contributed by atoms with Gasteiger partial charge in [-0.25, -0.2) is 0 Å². The van der Waals surface area contributed by atoms with Crippen molar-refractivity contribution in [3.8, 4) is 39.1 Å². The topological polar surface area (TPSA) is 9.34 Å². The highest BCUT2D eigenvalue weighted by Gasteiger charge is 2.52. The van der Waals surface area contributed by atoms with Crippen LogP contribution >= 0.6 is 0 Å². The molecule has 2 nitrogen and oxygen atoms in total. The van der Waals surface area contributed by atoms with Gasteiger partial charge in [0, 0.05) is 16.5 Å². The van der Waals surface area contributed by atoms with Crippen molar-refractivity contribution in [1.29, 1.82) is 0 Å². The number of fused-ring (bicyclic) bond motifs is 15. The lowest BCUT2D eigenvalue weighted by Crippen LogP contribution is -2.25. The second-order valence-corrected chi connectivity index (χ2v) is 12.8. The molecule has 0 N–H and O–H groups in total. The fourth-order valence-corrected chi connectivity index (χ4v) is 9.08. The lowest BCUT2D eigenvalue weighted by Gasteiger charge is -2.30. The molecule has 0 atom stereocenters. The van der Waals surface area contributed by atoms with Crippen LogP contribution in [0.2, 0.25) is 0 Å². The number of benzene rings is 7. The van der Waals surface area contributed by atoms with Crippen molar-refractivity contribution in [1.82, 2.24) is 8.97 Å². The lowest BCUT2D eigenvalue weighted by molar-refractivity contribution is 0.793. The van der Waals surface area contributed by atoms with Crippen LogP contribution in [0.5, 0.6) is 0 Å². The number of hydrogen-bond acceptors (Lipinski definition) is 0. The normalized spacial score (nSPS) is 13.7. The molecule has 7 aromatic carbocycles. The SMILES string of the molecule is c1ccc(-c2c3ccccc3n3c4ccccc4n(-c4cccc5c4-c4ccccc4C54c5ccccc5-c5ccccc54)c23)cc1. The summed E-state index contributed by atoms with van der Waals surface area (Å²) in [6.07, 6.45) is 0. The molecule has 0 bridgehead atoms. The third-order valence-electron chi connectivity index (χ3n) is 10.7. The van der Waals surface area contributed by atoms with Crippen molar-refractivity contribution in [3.05, 3.63) is 192 Å². The average molecular weight is 597 g/mol. The molecule has 0 saturated carbocycles. The van der Waals surface area contributed by atoms with Gasteiger partial charge in [-0.15, -0.1) is 0 Å². The Kier molecular flexibility index (Phi) is 4.80. The van der Waals surface area contributed by atoms with Gasteiger partial charge in [0.05, 0.1) is 27.7 Å². The van der Waals surface area contributed by atoms with E-state index in [9.17, 15) is 0 Å². The number of aromatic nitrogens is 2. The monoisotopic (exact) mass is 596 g/mol. The molecule has 0 unspecified atom stereocenters. The van der Waals surface area contributed by atoms with Crippen LogP contribution in [0.4, 0.5) is 0 Å². The molecule has 0 fully saturated rings. The summed E-state index contributed by atoms with van der Waals surface area (Å²) in [5.41, 5.74) is 18.8. The van der Waals surface area contributed by atoms with Crippen molar-refractivity contribution in [2.45, 2.75) is 5.41 Å². The van der Waals surface area contributed by atoms with Crippen molar-refractivity contribution in [2.75, 3.05) is 0 Å². The molecule has 2 heterocycles. The quantitative estimate of drug-likeness (QED) is 0.188. The third kappa shape index (κ3) is 2.97. The minimum atomic E-state index is -0.386. The van der Waals surface area contributed by atoms with E-state index in [0.29, 0.717) is 0 Å². The molecule has 0 amide bonds. The smallest absolute Gasteiger partial charge is 0.131 e. The highest BCUT2D eigenvalue weighted by Crippen LogP contribution is 2.63. The molecular weight excluding hydrogens is 569 g/mol. The Morgan fingerprint density at radius 2 is 0.894 bits per heavy atom. The van der Waals surface area contributed by atoms with Crippen molar-refractivity contribution < 1.29 is 0 Å². The summed E-state index contributed by atoms with van der Waals surface area (Å²) in [5, 5.41) is 1.26. The molecular formula is C45H28N2. The predicted octanol–water partition coefficient (Wildman–Crippen LogP) is 11.0. The van der Waals surface area contributed by atoms with Crippen LogP contribution in [-0.2, 0) is 5.41 Å². The largest absolute Gasteiger partial charge is 0.293 e. The van der Waals surface area contributed by atoms with E-state index in [1.165, 1.54) is 88.9 Å². The predicted molar refractivity (Wildman–Crippen MR) is 193 cm³/mol. The lowest BCUT2D eigenvalue weighted by atomic mass is 9.70. The molecule has 0 aliphatic heterocycles. The van der Waals surface area contributed by atoms with Gasteiger partial charge in [-0.2, -0.15) is 0 Å². The fourth-order valence-electron chi connectivity index (χ4n) is 9.08. The zero-order valence-electron chi connectivity index (χ0n) is 25.6. The highest BCUT2D eigenvalue weighted by molar-refractivity contribution is 6.10. The molecule has 1 spiro atoms. The van der Waals surface area contributed by atoms with Gasteiger partial charge in [0.15, 0.2) is 0 Å². The van der Waals surface area contributed by atoms with Gasteiger partial charge in [0.2, 0.25) is 0 Å². The van der Waals surface area contributed by atoms with Crippen LogP contribution in [0.1, 0.15) is 22.3 Å². The van der Waals surface area contributed by atoms with Crippen LogP contribution in [0, 0.1) is 0 Å². The second-order valence-electron chi connectivity index (χ2n) is 12.8. The van der Waals surface area contributed by atoms with Gasteiger partial charge >= 0.3 is 0 Å². The standard InChI is InChI=1S/C45H28N2/c1-2-15-29(16-3-1)42-33-20-7-11-25-38(33)46-39-26-12-13-27-40(39)47(44(42)46)41-28-14-24-37-43(41)32-19-6-10-23-36(32)45(37)34-21-8-4-17-30(34)31-18-5-9-22-35(31)45/h1-28H. The summed E-state index contributed by atoms with van der Waals surface area (Å²) in [4.78, 5) is 0. The van der Waals surface area contributed by atoms with E-state index in [-0.39, 0.29) is 5.41 Å². The first-order chi connectivity index (χ1) is 23.4. The van der Waals surface area contributed by atoms with Crippen molar-refractivity contribution in [3.63, 3.8) is 0 Å². The van der Waals surface area contributed by atoms with E-state index in [4.69, 9.17) is 0 Å². The minimum Gasteiger partial charge on any atom is -0.293 e. The van der Waals surface area contributed by atoms with Crippen LogP contribution in [-0.4, -0.2) is 8.97 Å². The zero-order valence-corrected chi connectivity index (χ0v) is 25.6. The van der Waals surface area contributed by atoms with Gasteiger partial charge in [0.25, 0.3) is 0 Å². The number of imidazole rings is 1. The Morgan fingerprint density at radius 1 is 0.362 bits per heavy atom. The molecule has 0 saturated heterocycles. The number of rotatable bonds is 2. The van der Waals surface area contributed by atoms with E-state index in [0.717, 1.165) is 0 Å². The first-order valence-corrected chi connectivity index (χ1v) is 16.4. The molecule has 2 aliphatic rings. The highest BCUT2D eigenvalue weighted by atomic mass is 15.1. The molecule has 218 valence electrons. The van der Waals surface area contributed by atoms with Gasteiger partial charge in [-0.3, -0.25) is 8.97 Å². The third-order valence-corrected chi connectivity index (χ3v) is 10.7. The maximum absolute atomic E-state index is 2.54. The summed E-state index contributed by atoms with van der Waals surface area (Å²) in [5.74, 6) is 0. The van der Waals surface area contributed by atoms with E-state index < -0.39 is 0 Å². The minimum absolute atomic E-state index is 0.386. The van der Waals surface area contributed by atoms with Crippen LogP contribution < -0.4 is 0 Å². The molecule has 11 rings (SSSR count). The first kappa shape index (κ1) is 25.1. The Labute approximate surface area is 272 Å². The summed E-state index contributed by atoms with van der Waals surface area (Å²) >= 11 is 0. The molecule has 47 heavy (non-hydrogen) atoms. The van der Waals surface area contributed by atoms with Crippen LogP contribution in [0.3, 0.4) is 0 Å². The van der Waals surface area contributed by atoms with E-state index in [1.54, 1.807) is 0 Å². The van der Waals surface area contributed by atoms with Crippen molar-refractivity contribution in [2.24, 2.45) is 0 Å². The number of hydrogen-bond donors (Lipinski definition) is 0. The molecule has 9 aromatic rings. The van der Waals surface area contributed by atoms with Crippen molar-refractivity contribution >= 4 is 27.6 Å². The van der Waals surface area contributed by atoms with E-state index >= 15 is 0 Å². The first-order valence-electron chi connectivity index (χ1n) is 16.4. The summed E-state index contributed by atoms with van der Waals surface area (Å²) in [6.45, 7) is 0. The summed E-state index contributed by atoms with van der Waals surface area (Å²) in [6, 6.07) is 62.8. The Balaban J connectivity index is 1.34. The molecule has 2 heteroatoms. The molecule has 0 radical (unpaired) electrons. The van der Waals surface area contributed by atoms with Gasteiger partial charge in [-0.05, 0) is 68.8 Å². The van der Waals surface area contributed by atoms with E-state index in [1.807, 2.05) is 0 Å². The average Bonchev–Trinajstić information content (AvgIpc) is 3.84. The Bertz CT molecular complexity index is 2690. The van der Waals surface area contributed by atoms with Gasteiger partial charge in [-0.1, -0.05) is 146 Å². The summed E-state index contributed by atoms with van der Waals surface area (Å²) < 4.78 is 5.02. The van der Waals surface area contributed by atoms with Crippen LogP contribution in [0.25, 0.3) is 66.7 Å². The maximum Gasteiger partial charge on any atom is 0.131 e. The zero-order chi connectivity index (χ0) is 30.7. The van der Waals surface area contributed by atoms with Crippen LogP contribution in [0.15, 0.2) is 170 Å². The molecule has 2 aromatic heterocycles. The van der Waals surface area contributed by atoms with Gasteiger partial charge < -0.3 is 0 Å². The summed E-state index contributed by atoms with van der Waals surface area (Å²) in [7, 11) is 0. The fraction of sp³-hybridized carbons (Fsp3) is 0.0222.